The molecule has 1 amide bonds. The molecule has 4 nitrogen and oxygen atoms in total. The van der Waals surface area contributed by atoms with E-state index in [9.17, 15) is 9.90 Å². The normalized spacial score (nSPS) is 11.6. The number of nitrogens with one attached hydrogen (secondary N) is 1. The van der Waals surface area contributed by atoms with Gasteiger partial charge in [0.25, 0.3) is 5.91 Å². The molecular weight excluding hydrogens is 314 g/mol. The van der Waals surface area contributed by atoms with Gasteiger partial charge < -0.3 is 15.2 Å². The van der Waals surface area contributed by atoms with Crippen LogP contribution in [0.1, 0.15) is 17.2 Å². The Balaban J connectivity index is 1.69. The van der Waals surface area contributed by atoms with Gasteiger partial charge in [-0.2, -0.15) is 0 Å². The molecule has 0 aliphatic carbocycles. The van der Waals surface area contributed by atoms with Gasteiger partial charge in [-0.3, -0.25) is 4.79 Å². The number of rotatable bonds is 6. The third-order valence-electron chi connectivity index (χ3n) is 3.78. The summed E-state index contributed by atoms with van der Waals surface area (Å²) < 4.78 is 5.75. The van der Waals surface area contributed by atoms with Crippen molar-refractivity contribution in [3.63, 3.8) is 0 Å². The van der Waals surface area contributed by atoms with Crippen molar-refractivity contribution in [2.75, 3.05) is 5.32 Å². The van der Waals surface area contributed by atoms with Gasteiger partial charge in [-0.05, 0) is 23.8 Å². The van der Waals surface area contributed by atoms with Crippen molar-refractivity contribution >= 4 is 11.6 Å². The van der Waals surface area contributed by atoms with E-state index in [-0.39, 0.29) is 0 Å². The van der Waals surface area contributed by atoms with Gasteiger partial charge in [0, 0.05) is 11.3 Å². The second-order valence-electron chi connectivity index (χ2n) is 5.56. The van der Waals surface area contributed by atoms with Crippen molar-refractivity contribution in [2.45, 2.75) is 12.7 Å². The standard InChI is InChI=1S/C21H19NO3/c23-20(16-9-3-1-4-10-16)21(24)22-19-14-8-7-11-17(19)15-25-18-12-5-2-6-13-18/h1-14,20,23H,15H2,(H,22,24). The molecular formula is C21H19NO3. The Bertz CT molecular complexity index is 819. The van der Waals surface area contributed by atoms with E-state index in [2.05, 4.69) is 5.32 Å². The molecule has 0 fully saturated rings. The van der Waals surface area contributed by atoms with Gasteiger partial charge in [-0.1, -0.05) is 66.7 Å². The number of anilines is 1. The van der Waals surface area contributed by atoms with Gasteiger partial charge in [-0.15, -0.1) is 0 Å². The lowest BCUT2D eigenvalue weighted by molar-refractivity contribution is -0.124. The molecule has 0 saturated heterocycles. The summed E-state index contributed by atoms with van der Waals surface area (Å²) in [6.45, 7) is 0.321. The van der Waals surface area contributed by atoms with E-state index in [0.717, 1.165) is 11.3 Å². The summed E-state index contributed by atoms with van der Waals surface area (Å²) in [6, 6.07) is 25.7. The number of para-hydroxylation sites is 2. The number of amides is 1. The van der Waals surface area contributed by atoms with E-state index in [1.165, 1.54) is 0 Å². The van der Waals surface area contributed by atoms with Crippen LogP contribution in [0.4, 0.5) is 5.69 Å². The van der Waals surface area contributed by atoms with Crippen LogP contribution < -0.4 is 10.1 Å². The number of hydrogen-bond donors (Lipinski definition) is 2. The largest absolute Gasteiger partial charge is 0.489 e. The lowest BCUT2D eigenvalue weighted by atomic mass is 10.1. The number of aliphatic hydroxyl groups is 1. The van der Waals surface area contributed by atoms with Crippen molar-refractivity contribution in [3.8, 4) is 5.75 Å². The zero-order chi connectivity index (χ0) is 17.5. The Labute approximate surface area is 146 Å². The maximum Gasteiger partial charge on any atom is 0.257 e. The van der Waals surface area contributed by atoms with Crippen molar-refractivity contribution in [1.82, 2.24) is 0 Å². The maximum atomic E-state index is 12.3. The maximum absolute atomic E-state index is 12.3. The molecule has 3 aromatic rings. The van der Waals surface area contributed by atoms with E-state index < -0.39 is 12.0 Å². The van der Waals surface area contributed by atoms with Gasteiger partial charge in [-0.25, -0.2) is 0 Å². The molecule has 0 aromatic heterocycles. The number of benzene rings is 3. The molecule has 2 N–H and O–H groups in total. The van der Waals surface area contributed by atoms with E-state index in [4.69, 9.17) is 4.74 Å². The lowest BCUT2D eigenvalue weighted by Gasteiger charge is -2.15. The van der Waals surface area contributed by atoms with Crippen molar-refractivity contribution < 1.29 is 14.6 Å². The Morgan fingerprint density at radius 2 is 1.48 bits per heavy atom. The SMILES string of the molecule is O=C(Nc1ccccc1COc1ccccc1)C(O)c1ccccc1. The fourth-order valence-electron chi connectivity index (χ4n) is 2.43. The summed E-state index contributed by atoms with van der Waals surface area (Å²) in [5, 5.41) is 13.0. The van der Waals surface area contributed by atoms with Crippen LogP contribution >= 0.6 is 0 Å². The summed E-state index contributed by atoms with van der Waals surface area (Å²) in [5.41, 5.74) is 2.01. The molecule has 0 spiro atoms. The molecule has 1 unspecified atom stereocenters. The molecule has 3 rings (SSSR count). The fraction of sp³-hybridized carbons (Fsp3) is 0.0952. The molecule has 0 bridgehead atoms. The predicted molar refractivity (Wildman–Crippen MR) is 97.2 cm³/mol. The van der Waals surface area contributed by atoms with E-state index in [1.54, 1.807) is 30.3 Å². The molecule has 4 heteroatoms. The first-order chi connectivity index (χ1) is 12.2. The molecule has 0 aliphatic rings. The van der Waals surface area contributed by atoms with E-state index in [1.807, 2.05) is 54.6 Å². The third kappa shape index (κ3) is 4.46. The third-order valence-corrected chi connectivity index (χ3v) is 3.78. The first kappa shape index (κ1) is 16.7. The molecule has 0 radical (unpaired) electrons. The topological polar surface area (TPSA) is 58.6 Å². The second-order valence-corrected chi connectivity index (χ2v) is 5.56. The highest BCUT2D eigenvalue weighted by Gasteiger charge is 2.18. The molecule has 3 aromatic carbocycles. The van der Waals surface area contributed by atoms with Gasteiger partial charge >= 0.3 is 0 Å². The zero-order valence-electron chi connectivity index (χ0n) is 13.6. The monoisotopic (exact) mass is 333 g/mol. The molecule has 0 aliphatic heterocycles. The molecule has 126 valence electrons. The molecule has 1 atom stereocenters. The Hall–Kier alpha value is -3.11. The first-order valence-corrected chi connectivity index (χ1v) is 8.03. The molecule has 0 saturated carbocycles. The zero-order valence-corrected chi connectivity index (χ0v) is 13.6. The van der Waals surface area contributed by atoms with Crippen LogP contribution in [0.25, 0.3) is 0 Å². The van der Waals surface area contributed by atoms with Gasteiger partial charge in [0.2, 0.25) is 0 Å². The summed E-state index contributed by atoms with van der Waals surface area (Å²) in [7, 11) is 0. The molecule has 0 heterocycles. The smallest absolute Gasteiger partial charge is 0.257 e. The van der Waals surface area contributed by atoms with Gasteiger partial charge in [0.1, 0.15) is 12.4 Å². The highest BCUT2D eigenvalue weighted by molar-refractivity contribution is 5.95. The van der Waals surface area contributed by atoms with Crippen LogP contribution in [-0.4, -0.2) is 11.0 Å². The number of hydrogen-bond acceptors (Lipinski definition) is 3. The number of carbonyl (C=O) groups excluding carboxylic acids is 1. The number of carbonyl (C=O) groups is 1. The minimum absolute atomic E-state index is 0.321. The van der Waals surface area contributed by atoms with Crippen molar-refractivity contribution in [1.29, 1.82) is 0 Å². The summed E-state index contributed by atoms with van der Waals surface area (Å²) in [6.07, 6.45) is -1.22. The van der Waals surface area contributed by atoms with Crippen LogP contribution in [0.3, 0.4) is 0 Å². The fourth-order valence-corrected chi connectivity index (χ4v) is 2.43. The minimum Gasteiger partial charge on any atom is -0.489 e. The summed E-state index contributed by atoms with van der Waals surface area (Å²) in [4.78, 5) is 12.3. The number of ether oxygens (including phenoxy) is 1. The van der Waals surface area contributed by atoms with Gasteiger partial charge in [0.15, 0.2) is 6.10 Å². The average Bonchev–Trinajstić information content (AvgIpc) is 2.68. The lowest BCUT2D eigenvalue weighted by Crippen LogP contribution is -2.21. The van der Waals surface area contributed by atoms with Crippen LogP contribution in [0.15, 0.2) is 84.9 Å². The van der Waals surface area contributed by atoms with Crippen LogP contribution in [0, 0.1) is 0 Å². The highest BCUT2D eigenvalue weighted by atomic mass is 16.5. The van der Waals surface area contributed by atoms with Gasteiger partial charge in [0.05, 0.1) is 0 Å². The Kier molecular flexibility index (Phi) is 5.44. The van der Waals surface area contributed by atoms with Crippen LogP contribution in [-0.2, 0) is 11.4 Å². The van der Waals surface area contributed by atoms with Crippen molar-refractivity contribution in [2.24, 2.45) is 0 Å². The minimum atomic E-state index is -1.22. The molecule has 25 heavy (non-hydrogen) atoms. The first-order valence-electron chi connectivity index (χ1n) is 8.03. The highest BCUT2D eigenvalue weighted by Crippen LogP contribution is 2.21. The Morgan fingerprint density at radius 1 is 0.880 bits per heavy atom. The van der Waals surface area contributed by atoms with E-state index in [0.29, 0.717) is 17.9 Å². The quantitative estimate of drug-likeness (QED) is 0.718. The van der Waals surface area contributed by atoms with Crippen LogP contribution in [0.2, 0.25) is 0 Å². The summed E-state index contributed by atoms with van der Waals surface area (Å²) >= 11 is 0. The second kappa shape index (κ2) is 8.13. The predicted octanol–water partition coefficient (Wildman–Crippen LogP) is 3.94. The number of aliphatic hydroxyl groups excluding tert-OH is 1. The van der Waals surface area contributed by atoms with Crippen LogP contribution in [0.5, 0.6) is 5.75 Å². The van der Waals surface area contributed by atoms with Crippen molar-refractivity contribution in [3.05, 3.63) is 96.1 Å². The van der Waals surface area contributed by atoms with E-state index >= 15 is 0 Å². The summed E-state index contributed by atoms with van der Waals surface area (Å²) in [5.74, 6) is 0.284. The Morgan fingerprint density at radius 3 is 2.20 bits per heavy atom. The average molecular weight is 333 g/mol.